The molecule has 0 aliphatic rings. The molecule has 0 heterocycles. The lowest BCUT2D eigenvalue weighted by Crippen LogP contribution is -2.17. The number of anilines is 1. The van der Waals surface area contributed by atoms with Crippen molar-refractivity contribution in [3.63, 3.8) is 0 Å². The van der Waals surface area contributed by atoms with E-state index in [1.165, 1.54) is 0 Å². The molecule has 0 saturated heterocycles. The summed E-state index contributed by atoms with van der Waals surface area (Å²) in [5, 5.41) is 1.62. The molecule has 2 rings (SSSR count). The molecule has 0 aromatic heterocycles. The number of hydrogen-bond donors (Lipinski definition) is 1. The average molecular weight is 419 g/mol. The van der Waals surface area contributed by atoms with Gasteiger partial charge in [0.2, 0.25) is 0 Å². The van der Waals surface area contributed by atoms with Crippen molar-refractivity contribution >= 4 is 11.6 Å². The summed E-state index contributed by atoms with van der Waals surface area (Å²) in [6.45, 7) is 0. The molecule has 28 heavy (non-hydrogen) atoms. The number of alkyl halides is 9. The van der Waals surface area contributed by atoms with E-state index in [1.807, 2.05) is 0 Å². The van der Waals surface area contributed by atoms with E-state index in [0.717, 1.165) is 0 Å². The van der Waals surface area contributed by atoms with Crippen molar-refractivity contribution in [1.82, 2.24) is 0 Å². The first-order valence-corrected chi connectivity index (χ1v) is 7.06. The molecule has 2 aromatic carbocycles. The molecule has 1 N–H and O–H groups in total. The minimum Gasteiger partial charge on any atom is -0.322 e. The Balaban J connectivity index is 2.45. The van der Waals surface area contributed by atoms with Crippen molar-refractivity contribution in [2.45, 2.75) is 18.5 Å². The summed E-state index contributed by atoms with van der Waals surface area (Å²) < 4.78 is 128. The molecule has 2 aromatic rings. The van der Waals surface area contributed by atoms with E-state index >= 15 is 0 Å². The second kappa shape index (κ2) is 6.99. The number of nitrogens with one attached hydrogen (secondary N) is 1. The van der Waals surface area contributed by atoms with Gasteiger partial charge >= 0.3 is 18.5 Å². The van der Waals surface area contributed by atoms with E-state index in [0.29, 0.717) is 6.07 Å². The van der Waals surface area contributed by atoms with Crippen molar-refractivity contribution in [2.75, 3.05) is 5.32 Å². The Labute approximate surface area is 149 Å². The summed E-state index contributed by atoms with van der Waals surface area (Å²) in [5.41, 5.74) is -6.97. The number of amides is 1. The largest absolute Gasteiger partial charge is 0.416 e. The molecule has 0 atom stereocenters. The van der Waals surface area contributed by atoms with Crippen LogP contribution in [0.2, 0.25) is 0 Å². The van der Waals surface area contributed by atoms with Crippen molar-refractivity contribution < 1.29 is 48.7 Å². The van der Waals surface area contributed by atoms with Crippen molar-refractivity contribution in [1.29, 1.82) is 0 Å². The first-order chi connectivity index (χ1) is 12.6. The Morgan fingerprint density at radius 3 is 1.50 bits per heavy atom. The van der Waals surface area contributed by atoms with Crippen LogP contribution in [0.4, 0.5) is 49.6 Å². The smallest absolute Gasteiger partial charge is 0.322 e. The van der Waals surface area contributed by atoms with Gasteiger partial charge in [0.05, 0.1) is 16.7 Å². The fourth-order valence-corrected chi connectivity index (χ4v) is 2.11. The van der Waals surface area contributed by atoms with Gasteiger partial charge in [-0.1, -0.05) is 0 Å². The van der Waals surface area contributed by atoms with Gasteiger partial charge in [0.25, 0.3) is 5.91 Å². The lowest BCUT2D eigenvalue weighted by molar-refractivity contribution is -0.143. The van der Waals surface area contributed by atoms with Crippen LogP contribution in [0.5, 0.6) is 0 Å². The molecule has 2 nitrogen and oxygen atoms in total. The van der Waals surface area contributed by atoms with Crippen LogP contribution in [-0.2, 0) is 18.5 Å². The topological polar surface area (TPSA) is 29.1 Å². The summed E-state index contributed by atoms with van der Waals surface area (Å²) >= 11 is 0. The van der Waals surface area contributed by atoms with Gasteiger partial charge in [-0.25, -0.2) is 4.39 Å². The minimum absolute atomic E-state index is 0.0722. The molecule has 0 spiro atoms. The second-order valence-corrected chi connectivity index (χ2v) is 5.48. The molecule has 0 fully saturated rings. The van der Waals surface area contributed by atoms with Gasteiger partial charge < -0.3 is 5.32 Å². The molecule has 0 aliphatic heterocycles. The highest BCUT2D eigenvalue weighted by molar-refractivity contribution is 6.04. The molecule has 0 radical (unpaired) electrons. The highest BCUT2D eigenvalue weighted by Crippen LogP contribution is 2.37. The third-order valence-corrected chi connectivity index (χ3v) is 3.33. The van der Waals surface area contributed by atoms with Crippen LogP contribution in [-0.4, -0.2) is 5.91 Å². The summed E-state index contributed by atoms with van der Waals surface area (Å²) in [6, 6.07) is 0.760. The minimum atomic E-state index is -5.19. The molecule has 12 heteroatoms. The van der Waals surface area contributed by atoms with Gasteiger partial charge in [-0.3, -0.25) is 4.79 Å². The van der Waals surface area contributed by atoms with E-state index in [9.17, 15) is 48.7 Å². The molecule has 0 bridgehead atoms. The second-order valence-electron chi connectivity index (χ2n) is 5.48. The average Bonchev–Trinajstić information content (AvgIpc) is 2.51. The predicted octanol–water partition coefficient (Wildman–Crippen LogP) is 6.13. The van der Waals surface area contributed by atoms with E-state index < -0.39 is 58.2 Å². The number of carbonyl (C=O) groups is 1. The van der Waals surface area contributed by atoms with E-state index in [4.69, 9.17) is 0 Å². The normalized spacial score (nSPS) is 12.8. The third-order valence-electron chi connectivity index (χ3n) is 3.33. The third kappa shape index (κ3) is 5.14. The fraction of sp³-hybridized carbons (Fsp3) is 0.188. The van der Waals surface area contributed by atoms with Crippen molar-refractivity contribution in [3.05, 3.63) is 64.5 Å². The number of rotatable bonds is 2. The zero-order chi connectivity index (χ0) is 21.5. The molecule has 0 saturated carbocycles. The standard InChI is InChI=1S/C16H7F10NO/c17-11-2-7(1-8(4-11)14(18,19)20)13(28)27-12-5-9(15(21,22)23)3-10(6-12)16(24,25)26/h1-6H,(H,27,28). The number of carbonyl (C=O) groups excluding carboxylic acids is 1. The summed E-state index contributed by atoms with van der Waals surface area (Å²) in [7, 11) is 0. The van der Waals surface area contributed by atoms with Gasteiger partial charge in [-0.05, 0) is 36.4 Å². The van der Waals surface area contributed by atoms with Crippen LogP contribution in [0, 0.1) is 5.82 Å². The Hall–Kier alpha value is -2.79. The molecule has 0 aliphatic carbocycles. The van der Waals surface area contributed by atoms with Gasteiger partial charge in [0.1, 0.15) is 5.82 Å². The van der Waals surface area contributed by atoms with Gasteiger partial charge in [-0.2, -0.15) is 39.5 Å². The predicted molar refractivity (Wildman–Crippen MR) is 75.8 cm³/mol. The molecule has 0 unspecified atom stereocenters. The number of halogens is 10. The quantitative estimate of drug-likeness (QED) is 0.583. The van der Waals surface area contributed by atoms with Crippen LogP contribution in [0.15, 0.2) is 36.4 Å². The highest BCUT2D eigenvalue weighted by Gasteiger charge is 2.37. The van der Waals surface area contributed by atoms with Crippen LogP contribution in [0.25, 0.3) is 0 Å². The lowest BCUT2D eigenvalue weighted by Gasteiger charge is -2.15. The summed E-state index contributed by atoms with van der Waals surface area (Å²) in [5.74, 6) is -3.00. The maximum Gasteiger partial charge on any atom is 0.416 e. The summed E-state index contributed by atoms with van der Waals surface area (Å²) in [6.07, 6.45) is -15.4. The van der Waals surface area contributed by atoms with Crippen LogP contribution < -0.4 is 5.32 Å². The van der Waals surface area contributed by atoms with Crippen LogP contribution in [0.1, 0.15) is 27.0 Å². The Bertz CT molecular complexity index is 864. The highest BCUT2D eigenvalue weighted by atomic mass is 19.4. The van der Waals surface area contributed by atoms with Gasteiger partial charge in [0.15, 0.2) is 0 Å². The first kappa shape index (κ1) is 21.5. The van der Waals surface area contributed by atoms with Crippen molar-refractivity contribution in [2.24, 2.45) is 0 Å². The Morgan fingerprint density at radius 1 is 0.643 bits per heavy atom. The molecular weight excluding hydrogens is 412 g/mol. The zero-order valence-electron chi connectivity index (χ0n) is 13.2. The fourth-order valence-electron chi connectivity index (χ4n) is 2.11. The maximum absolute atomic E-state index is 13.3. The maximum atomic E-state index is 13.3. The monoisotopic (exact) mass is 419 g/mol. The van der Waals surface area contributed by atoms with Gasteiger partial charge in [0, 0.05) is 11.3 Å². The Morgan fingerprint density at radius 2 is 1.07 bits per heavy atom. The van der Waals surface area contributed by atoms with E-state index in [-0.39, 0.29) is 30.3 Å². The van der Waals surface area contributed by atoms with E-state index in [2.05, 4.69) is 0 Å². The van der Waals surface area contributed by atoms with Crippen molar-refractivity contribution in [3.8, 4) is 0 Å². The molecular formula is C16H7F10NO. The molecule has 1 amide bonds. The van der Waals surface area contributed by atoms with Crippen LogP contribution >= 0.6 is 0 Å². The Kier molecular flexibility index (Phi) is 5.37. The SMILES string of the molecule is O=C(Nc1cc(C(F)(F)F)cc(C(F)(F)F)c1)c1cc(F)cc(C(F)(F)F)c1. The van der Waals surface area contributed by atoms with E-state index in [1.54, 1.807) is 5.32 Å². The first-order valence-electron chi connectivity index (χ1n) is 7.06. The van der Waals surface area contributed by atoms with Crippen LogP contribution in [0.3, 0.4) is 0 Å². The lowest BCUT2D eigenvalue weighted by atomic mass is 10.1. The van der Waals surface area contributed by atoms with Gasteiger partial charge in [-0.15, -0.1) is 0 Å². The summed E-state index contributed by atoms with van der Waals surface area (Å²) in [4.78, 5) is 12.0. The molecule has 152 valence electrons. The zero-order valence-corrected chi connectivity index (χ0v) is 13.2. The number of hydrogen-bond acceptors (Lipinski definition) is 1. The number of benzene rings is 2.